The number of ether oxygens (including phenoxy) is 1. The maximum Gasteiger partial charge on any atom is 0.215 e. The molecule has 0 radical (unpaired) electrons. The van der Waals surface area contributed by atoms with E-state index in [1.807, 2.05) is 4.72 Å². The molecule has 0 fully saturated rings. The topological polar surface area (TPSA) is 113 Å². The molecule has 0 spiro atoms. The van der Waals surface area contributed by atoms with Crippen LogP contribution in [0.2, 0.25) is 0 Å². The summed E-state index contributed by atoms with van der Waals surface area (Å²) in [4.78, 5) is 0. The molecule has 0 aromatic rings. The van der Waals surface area contributed by atoms with Crippen LogP contribution < -0.4 is 4.72 Å². The third kappa shape index (κ3) is 3.72. The Morgan fingerprint density at radius 1 is 1.64 bits per heavy atom. The van der Waals surface area contributed by atoms with Crippen molar-refractivity contribution in [2.75, 3.05) is 19.8 Å². The predicted molar refractivity (Wildman–Crippen MR) is 49.9 cm³/mol. The minimum absolute atomic E-state index is 0.202. The molecule has 14 heavy (non-hydrogen) atoms. The molecule has 1 unspecified atom stereocenters. The van der Waals surface area contributed by atoms with Crippen molar-refractivity contribution in [3.63, 3.8) is 0 Å². The molecule has 0 heterocycles. The Morgan fingerprint density at radius 2 is 2.21 bits per heavy atom. The monoisotopic (exact) mass is 245 g/mol. The molecule has 0 aliphatic rings. The first-order valence-electron chi connectivity index (χ1n) is 3.31. The maximum atomic E-state index is 11.2. The highest BCUT2D eigenvalue weighted by Gasteiger charge is 2.23. The van der Waals surface area contributed by atoms with E-state index in [2.05, 4.69) is 4.74 Å². The second-order valence-electron chi connectivity index (χ2n) is 2.04. The van der Waals surface area contributed by atoms with Gasteiger partial charge in [0.2, 0.25) is 9.84 Å². The molecule has 0 bridgehead atoms. The van der Waals surface area contributed by atoms with Crippen LogP contribution in [0.1, 0.15) is 0 Å². The fourth-order valence-corrected chi connectivity index (χ4v) is 2.77. The van der Waals surface area contributed by atoms with Gasteiger partial charge in [0.15, 0.2) is 10.2 Å². The number of methoxy groups -OCH3 is 1. The van der Waals surface area contributed by atoms with Crippen molar-refractivity contribution in [2.45, 2.75) is 0 Å². The maximum absolute atomic E-state index is 11.2. The van der Waals surface area contributed by atoms with Gasteiger partial charge in [-0.1, -0.05) is 0 Å². The third-order valence-corrected chi connectivity index (χ3v) is 4.41. The summed E-state index contributed by atoms with van der Waals surface area (Å²) in [6.45, 7) is -0.674. The molecule has 0 aliphatic heterocycles. The van der Waals surface area contributed by atoms with Crippen LogP contribution >= 0.6 is 0 Å². The Labute approximate surface area is 83.9 Å². The first-order valence-corrected chi connectivity index (χ1v) is 6.12. The zero-order valence-corrected chi connectivity index (χ0v) is 8.97. The average molecular weight is 245 g/mol. The zero-order valence-electron chi connectivity index (χ0n) is 7.34. The molecule has 1 atom stereocenters. The Balaban J connectivity index is 4.84. The lowest BCUT2D eigenvalue weighted by atomic mass is 11.1. The summed E-state index contributed by atoms with van der Waals surface area (Å²) in [6, 6.07) is 0. The standard InChI is InChI=1S/C5H11NO6S2/c1-12-4-14(10,11)5(2-7)13(9)6-3-8/h2,6-8H,3-4H2,1H3/b5-2+. The van der Waals surface area contributed by atoms with E-state index in [1.165, 1.54) is 0 Å². The highest BCUT2D eigenvalue weighted by Crippen LogP contribution is 2.10. The van der Waals surface area contributed by atoms with Gasteiger partial charge in [-0.05, 0) is 0 Å². The number of hydrogen-bond acceptors (Lipinski definition) is 6. The molecule has 9 heteroatoms. The number of aliphatic hydroxyl groups is 2. The molecule has 3 N–H and O–H groups in total. The molecule has 84 valence electrons. The second-order valence-corrected chi connectivity index (χ2v) is 5.47. The van der Waals surface area contributed by atoms with E-state index in [0.29, 0.717) is 0 Å². The van der Waals surface area contributed by atoms with Gasteiger partial charge in [-0.2, -0.15) is 0 Å². The average Bonchev–Trinajstić information content (AvgIpc) is 2.04. The first kappa shape index (κ1) is 13.5. The molecule has 7 nitrogen and oxygen atoms in total. The molecule has 0 aromatic heterocycles. The van der Waals surface area contributed by atoms with Gasteiger partial charge in [-0.3, -0.25) is 0 Å². The van der Waals surface area contributed by atoms with Gasteiger partial charge in [0.25, 0.3) is 0 Å². The predicted octanol–water partition coefficient (Wildman–Crippen LogP) is -1.43. The van der Waals surface area contributed by atoms with Crippen molar-refractivity contribution < 1.29 is 27.6 Å². The van der Waals surface area contributed by atoms with E-state index in [-0.39, 0.29) is 6.26 Å². The smallest absolute Gasteiger partial charge is 0.215 e. The molecule has 0 saturated heterocycles. The lowest BCUT2D eigenvalue weighted by molar-refractivity contribution is 0.250. The van der Waals surface area contributed by atoms with Crippen LogP contribution in [0, 0.1) is 0 Å². The highest BCUT2D eigenvalue weighted by molar-refractivity contribution is 8.10. The Kier molecular flexibility index (Phi) is 5.88. The first-order chi connectivity index (χ1) is 6.49. The van der Waals surface area contributed by atoms with Gasteiger partial charge in [-0.25, -0.2) is 17.3 Å². The molecular formula is C5H11NO6S2. The Bertz CT molecular complexity index is 321. The molecule has 0 saturated carbocycles. The minimum atomic E-state index is -3.93. The van der Waals surface area contributed by atoms with Crippen molar-refractivity contribution in [2.24, 2.45) is 0 Å². The van der Waals surface area contributed by atoms with Crippen LogP contribution in [0.4, 0.5) is 0 Å². The summed E-state index contributed by atoms with van der Waals surface area (Å²) in [7, 11) is -4.97. The number of nitrogens with one attached hydrogen (secondary N) is 1. The number of sulfone groups is 1. The summed E-state index contributed by atoms with van der Waals surface area (Å²) in [6.07, 6.45) is 0.202. The van der Waals surface area contributed by atoms with Gasteiger partial charge < -0.3 is 14.9 Å². The van der Waals surface area contributed by atoms with E-state index < -0.39 is 37.7 Å². The lowest BCUT2D eigenvalue weighted by Crippen LogP contribution is -2.25. The van der Waals surface area contributed by atoms with Crippen molar-refractivity contribution in [3.05, 3.63) is 10.5 Å². The summed E-state index contributed by atoms with van der Waals surface area (Å²) in [5, 5.41) is 16.9. The van der Waals surface area contributed by atoms with Gasteiger partial charge >= 0.3 is 0 Å². The van der Waals surface area contributed by atoms with Gasteiger partial charge in [0.05, 0.1) is 0 Å². The molecule has 0 aromatic carbocycles. The van der Waals surface area contributed by atoms with Crippen LogP contribution in [0.5, 0.6) is 0 Å². The molecule has 0 amide bonds. The molecule has 0 rings (SSSR count). The largest absolute Gasteiger partial charge is 0.514 e. The van der Waals surface area contributed by atoms with Crippen molar-refractivity contribution in [3.8, 4) is 0 Å². The normalized spacial score (nSPS) is 15.4. The van der Waals surface area contributed by atoms with Crippen LogP contribution in [0.15, 0.2) is 10.5 Å². The van der Waals surface area contributed by atoms with Gasteiger partial charge in [0, 0.05) is 7.11 Å². The number of rotatable bonds is 6. The van der Waals surface area contributed by atoms with Crippen LogP contribution in [-0.2, 0) is 25.6 Å². The highest BCUT2D eigenvalue weighted by atomic mass is 32.3. The quantitative estimate of drug-likeness (QED) is 0.390. The third-order valence-electron chi connectivity index (χ3n) is 1.06. The Hall–Kier alpha value is -0.480. The van der Waals surface area contributed by atoms with Crippen molar-refractivity contribution in [1.29, 1.82) is 0 Å². The summed E-state index contributed by atoms with van der Waals surface area (Å²) in [5.41, 5.74) is 0. The van der Waals surface area contributed by atoms with Crippen LogP contribution in [0.25, 0.3) is 0 Å². The minimum Gasteiger partial charge on any atom is -0.514 e. The Morgan fingerprint density at radius 3 is 2.57 bits per heavy atom. The van der Waals surface area contributed by atoms with Crippen LogP contribution in [0.3, 0.4) is 0 Å². The van der Waals surface area contributed by atoms with Crippen LogP contribution in [-0.4, -0.2) is 42.6 Å². The van der Waals surface area contributed by atoms with Crippen molar-refractivity contribution in [1.82, 2.24) is 4.72 Å². The second kappa shape index (κ2) is 6.09. The van der Waals surface area contributed by atoms with E-state index in [0.717, 1.165) is 7.11 Å². The fourth-order valence-electron chi connectivity index (χ4n) is 0.586. The van der Waals surface area contributed by atoms with E-state index in [1.54, 1.807) is 0 Å². The van der Waals surface area contributed by atoms with Crippen molar-refractivity contribution >= 4 is 20.8 Å². The summed E-state index contributed by atoms with van der Waals surface area (Å²) >= 11 is 0. The van der Waals surface area contributed by atoms with Gasteiger partial charge in [0.1, 0.15) is 24.0 Å². The zero-order chi connectivity index (χ0) is 11.2. The van der Waals surface area contributed by atoms with E-state index in [4.69, 9.17) is 10.2 Å². The van der Waals surface area contributed by atoms with Gasteiger partial charge in [-0.15, -0.1) is 0 Å². The van der Waals surface area contributed by atoms with E-state index >= 15 is 0 Å². The van der Waals surface area contributed by atoms with E-state index in [9.17, 15) is 12.6 Å². The summed E-state index contributed by atoms with van der Waals surface area (Å²) < 4.78 is 39.0. The number of aliphatic hydroxyl groups excluding tert-OH is 2. The molecular weight excluding hydrogens is 234 g/mol. The lowest BCUT2D eigenvalue weighted by Gasteiger charge is -2.06. The molecule has 0 aliphatic carbocycles. The fraction of sp³-hybridized carbons (Fsp3) is 0.600. The SMILES string of the molecule is COCS(=O)(=O)/C(=C/O)S(=O)NCO. The summed E-state index contributed by atoms with van der Waals surface area (Å²) in [5.74, 6) is -0.696. The number of hydrogen-bond donors (Lipinski definition) is 3.